The number of benzene rings is 1. The molecule has 5 nitrogen and oxygen atoms in total. The summed E-state index contributed by atoms with van der Waals surface area (Å²) in [5.41, 5.74) is 6.28. The van der Waals surface area contributed by atoms with E-state index in [9.17, 15) is 8.42 Å². The summed E-state index contributed by atoms with van der Waals surface area (Å²) in [4.78, 5) is 0.272. The van der Waals surface area contributed by atoms with E-state index in [0.29, 0.717) is 12.2 Å². The molecule has 1 rings (SSSR count). The van der Waals surface area contributed by atoms with E-state index in [-0.39, 0.29) is 17.0 Å². The van der Waals surface area contributed by atoms with Crippen molar-refractivity contribution in [1.29, 1.82) is 0 Å². The van der Waals surface area contributed by atoms with Gasteiger partial charge >= 0.3 is 0 Å². The SMILES string of the molecule is CC(N)CCNc1ccccc1S(=O)(=O)NC(C)C. The Labute approximate surface area is 115 Å². The van der Waals surface area contributed by atoms with E-state index in [1.54, 1.807) is 32.0 Å². The number of nitrogens with one attached hydrogen (secondary N) is 2. The van der Waals surface area contributed by atoms with Crippen LogP contribution in [0.15, 0.2) is 29.2 Å². The zero-order valence-corrected chi connectivity index (χ0v) is 12.5. The third-order valence-corrected chi connectivity index (χ3v) is 4.20. The molecule has 0 heterocycles. The lowest BCUT2D eigenvalue weighted by Crippen LogP contribution is -2.31. The molecule has 0 radical (unpaired) electrons. The number of para-hydroxylation sites is 1. The molecule has 1 atom stereocenters. The normalized spacial score (nSPS) is 13.5. The van der Waals surface area contributed by atoms with Crippen LogP contribution in [0.2, 0.25) is 0 Å². The standard InChI is InChI=1S/C13H23N3O2S/c1-10(2)16-19(17,18)13-7-5-4-6-12(13)15-9-8-11(3)14/h4-7,10-11,15-16H,8-9,14H2,1-3H3. The van der Waals surface area contributed by atoms with Gasteiger partial charge in [0, 0.05) is 18.6 Å². The van der Waals surface area contributed by atoms with Crippen molar-refractivity contribution in [2.75, 3.05) is 11.9 Å². The molecule has 19 heavy (non-hydrogen) atoms. The van der Waals surface area contributed by atoms with Crippen molar-refractivity contribution in [3.05, 3.63) is 24.3 Å². The van der Waals surface area contributed by atoms with Crippen LogP contribution in [-0.4, -0.2) is 27.0 Å². The summed E-state index contributed by atoms with van der Waals surface area (Å²) in [5, 5.41) is 3.12. The van der Waals surface area contributed by atoms with Gasteiger partial charge in [-0.15, -0.1) is 0 Å². The number of nitrogens with two attached hydrogens (primary N) is 1. The number of rotatable bonds is 7. The minimum absolute atomic E-state index is 0.0880. The average molecular weight is 285 g/mol. The maximum Gasteiger partial charge on any atom is 0.242 e. The molecular formula is C13H23N3O2S. The lowest BCUT2D eigenvalue weighted by atomic mass is 10.2. The molecule has 0 bridgehead atoms. The number of anilines is 1. The van der Waals surface area contributed by atoms with Gasteiger partial charge in [0.25, 0.3) is 0 Å². The van der Waals surface area contributed by atoms with Crippen LogP contribution in [0, 0.1) is 0 Å². The van der Waals surface area contributed by atoms with E-state index in [1.165, 1.54) is 0 Å². The summed E-state index contributed by atoms with van der Waals surface area (Å²) in [6.45, 7) is 6.16. The van der Waals surface area contributed by atoms with E-state index in [4.69, 9.17) is 5.73 Å². The molecule has 108 valence electrons. The largest absolute Gasteiger partial charge is 0.384 e. The van der Waals surface area contributed by atoms with Gasteiger partial charge in [-0.3, -0.25) is 0 Å². The van der Waals surface area contributed by atoms with Crippen LogP contribution in [0.1, 0.15) is 27.2 Å². The second-order valence-corrected chi connectivity index (χ2v) is 6.65. The molecule has 0 saturated carbocycles. The highest BCUT2D eigenvalue weighted by molar-refractivity contribution is 7.89. The minimum atomic E-state index is -3.48. The van der Waals surface area contributed by atoms with Crippen LogP contribution in [0.4, 0.5) is 5.69 Å². The van der Waals surface area contributed by atoms with Crippen LogP contribution in [0.25, 0.3) is 0 Å². The highest BCUT2D eigenvalue weighted by Gasteiger charge is 2.18. The van der Waals surface area contributed by atoms with E-state index < -0.39 is 10.0 Å². The molecule has 1 unspecified atom stereocenters. The van der Waals surface area contributed by atoms with Gasteiger partial charge in [-0.25, -0.2) is 13.1 Å². The third kappa shape index (κ3) is 5.18. The Morgan fingerprint density at radius 1 is 1.21 bits per heavy atom. The van der Waals surface area contributed by atoms with Crippen LogP contribution < -0.4 is 15.8 Å². The predicted octanol–water partition coefficient (Wildman–Crippen LogP) is 1.52. The van der Waals surface area contributed by atoms with Crippen LogP contribution >= 0.6 is 0 Å². The van der Waals surface area contributed by atoms with Crippen molar-refractivity contribution in [2.45, 2.75) is 44.2 Å². The van der Waals surface area contributed by atoms with Gasteiger partial charge in [0.2, 0.25) is 10.0 Å². The van der Waals surface area contributed by atoms with Crippen LogP contribution in [0.5, 0.6) is 0 Å². The smallest absolute Gasteiger partial charge is 0.242 e. The van der Waals surface area contributed by atoms with Crippen molar-refractivity contribution in [3.8, 4) is 0 Å². The first kappa shape index (κ1) is 15.9. The first-order valence-corrected chi connectivity index (χ1v) is 7.92. The van der Waals surface area contributed by atoms with E-state index in [1.807, 2.05) is 13.0 Å². The number of hydrogen-bond donors (Lipinski definition) is 3. The second kappa shape index (κ2) is 6.88. The Bertz CT molecular complexity index is 498. The van der Waals surface area contributed by atoms with Gasteiger partial charge in [0.15, 0.2) is 0 Å². The molecule has 0 amide bonds. The summed E-state index contributed by atoms with van der Waals surface area (Å²) in [6, 6.07) is 6.83. The predicted molar refractivity (Wildman–Crippen MR) is 78.7 cm³/mol. The van der Waals surface area contributed by atoms with Crippen molar-refractivity contribution in [3.63, 3.8) is 0 Å². The average Bonchev–Trinajstić information content (AvgIpc) is 2.27. The van der Waals surface area contributed by atoms with Crippen molar-refractivity contribution in [1.82, 2.24) is 4.72 Å². The third-order valence-electron chi connectivity index (χ3n) is 2.48. The highest BCUT2D eigenvalue weighted by atomic mass is 32.2. The monoisotopic (exact) mass is 285 g/mol. The van der Waals surface area contributed by atoms with E-state index in [0.717, 1.165) is 6.42 Å². The van der Waals surface area contributed by atoms with Crippen molar-refractivity contribution in [2.24, 2.45) is 5.73 Å². The molecule has 1 aromatic carbocycles. The Hall–Kier alpha value is -1.11. The Balaban J connectivity index is 2.89. The molecule has 0 aliphatic heterocycles. The Morgan fingerprint density at radius 3 is 2.42 bits per heavy atom. The van der Waals surface area contributed by atoms with Crippen molar-refractivity contribution >= 4 is 15.7 Å². The van der Waals surface area contributed by atoms with E-state index in [2.05, 4.69) is 10.0 Å². The van der Waals surface area contributed by atoms with Crippen LogP contribution in [-0.2, 0) is 10.0 Å². The molecule has 6 heteroatoms. The summed E-state index contributed by atoms with van der Waals surface area (Å²) in [7, 11) is -3.48. The summed E-state index contributed by atoms with van der Waals surface area (Å²) >= 11 is 0. The fourth-order valence-corrected chi connectivity index (χ4v) is 3.09. The topological polar surface area (TPSA) is 84.2 Å². The number of sulfonamides is 1. The van der Waals surface area contributed by atoms with Crippen molar-refractivity contribution < 1.29 is 8.42 Å². The second-order valence-electron chi connectivity index (χ2n) is 4.96. The quantitative estimate of drug-likeness (QED) is 0.709. The van der Waals surface area contributed by atoms with Gasteiger partial charge in [-0.2, -0.15) is 0 Å². The molecule has 0 aromatic heterocycles. The van der Waals surface area contributed by atoms with Gasteiger partial charge in [0.1, 0.15) is 4.90 Å². The zero-order valence-electron chi connectivity index (χ0n) is 11.7. The molecule has 0 aliphatic carbocycles. The van der Waals surface area contributed by atoms with Gasteiger partial charge in [-0.05, 0) is 39.3 Å². The molecule has 0 fully saturated rings. The Kier molecular flexibility index (Phi) is 5.78. The zero-order chi connectivity index (χ0) is 14.5. The first-order chi connectivity index (χ1) is 8.83. The van der Waals surface area contributed by atoms with Crippen LogP contribution in [0.3, 0.4) is 0 Å². The highest BCUT2D eigenvalue weighted by Crippen LogP contribution is 2.20. The lowest BCUT2D eigenvalue weighted by Gasteiger charge is -2.15. The maximum absolute atomic E-state index is 12.2. The molecule has 1 aromatic rings. The lowest BCUT2D eigenvalue weighted by molar-refractivity contribution is 0.570. The summed E-state index contributed by atoms with van der Waals surface area (Å²) < 4.78 is 27.0. The fourth-order valence-electron chi connectivity index (χ4n) is 1.66. The molecular weight excluding hydrogens is 262 g/mol. The van der Waals surface area contributed by atoms with Gasteiger partial charge in [-0.1, -0.05) is 12.1 Å². The summed E-state index contributed by atoms with van der Waals surface area (Å²) in [5.74, 6) is 0. The summed E-state index contributed by atoms with van der Waals surface area (Å²) in [6.07, 6.45) is 0.784. The molecule has 0 spiro atoms. The molecule has 0 saturated heterocycles. The van der Waals surface area contributed by atoms with Gasteiger partial charge in [0.05, 0.1) is 5.69 Å². The molecule has 0 aliphatic rings. The fraction of sp³-hybridized carbons (Fsp3) is 0.538. The minimum Gasteiger partial charge on any atom is -0.384 e. The first-order valence-electron chi connectivity index (χ1n) is 6.43. The van der Waals surface area contributed by atoms with Gasteiger partial charge < -0.3 is 11.1 Å². The Morgan fingerprint density at radius 2 is 1.84 bits per heavy atom. The molecule has 4 N–H and O–H groups in total. The van der Waals surface area contributed by atoms with E-state index >= 15 is 0 Å². The maximum atomic E-state index is 12.2. The number of hydrogen-bond acceptors (Lipinski definition) is 4.